The second-order valence-corrected chi connectivity index (χ2v) is 13.7. The molecule has 2 N–H and O–H groups in total. The highest BCUT2D eigenvalue weighted by Gasteiger charge is 2.61. The second-order valence-electron chi connectivity index (χ2n) is 13.7. The Balaban J connectivity index is 1.73. The summed E-state index contributed by atoms with van der Waals surface area (Å²) in [5.41, 5.74) is -11.8. The van der Waals surface area contributed by atoms with Gasteiger partial charge in [-0.25, -0.2) is 17.6 Å². The molecule has 0 aliphatic heterocycles. The highest BCUT2D eigenvalue weighted by molar-refractivity contribution is 5.55. The van der Waals surface area contributed by atoms with E-state index in [-0.39, 0.29) is 11.8 Å². The minimum atomic E-state index is -3.94. The third kappa shape index (κ3) is 5.91. The summed E-state index contributed by atoms with van der Waals surface area (Å²) < 4.78 is 136. The first kappa shape index (κ1) is 37.6. The number of benzene rings is 4. The van der Waals surface area contributed by atoms with Gasteiger partial charge in [0.05, 0.1) is 25.3 Å². The monoisotopic (exact) mass is 734 g/mol. The summed E-state index contributed by atoms with van der Waals surface area (Å²) in [5.74, 6) is -20.8. The van der Waals surface area contributed by atoms with E-state index in [1.165, 1.54) is 24.3 Å². The Labute approximate surface area is 296 Å². The first-order valence-corrected chi connectivity index (χ1v) is 17.3. The molecular weight excluding hydrogens is 696 g/mol. The molecule has 4 aromatic carbocycles. The van der Waals surface area contributed by atoms with Crippen LogP contribution in [0.2, 0.25) is 0 Å². The number of ether oxygens (including phenoxy) is 2. The minimum Gasteiger partial charge on any atom is -0.491 e. The van der Waals surface area contributed by atoms with E-state index >= 15 is 35.1 Å². The van der Waals surface area contributed by atoms with Crippen molar-refractivity contribution in [3.05, 3.63) is 128 Å². The lowest BCUT2D eigenvalue weighted by atomic mass is 9.65. The number of hydrogen-bond acceptors (Lipinski definition) is 4. The zero-order valence-corrected chi connectivity index (χ0v) is 28.6. The highest BCUT2D eigenvalue weighted by atomic mass is 19.2. The van der Waals surface area contributed by atoms with Crippen molar-refractivity contribution < 1.29 is 54.8 Å². The van der Waals surface area contributed by atoms with Crippen molar-refractivity contribution in [1.82, 2.24) is 0 Å². The van der Waals surface area contributed by atoms with Crippen molar-refractivity contribution in [2.24, 2.45) is 0 Å². The first-order valence-electron chi connectivity index (χ1n) is 17.3. The molecule has 0 heterocycles. The lowest BCUT2D eigenvalue weighted by molar-refractivity contribution is -0.121. The van der Waals surface area contributed by atoms with Gasteiger partial charge in [-0.3, -0.25) is 0 Å². The molecule has 6 rings (SSSR count). The molecule has 2 unspecified atom stereocenters. The third-order valence-corrected chi connectivity index (χ3v) is 10.9. The van der Waals surface area contributed by atoms with E-state index in [1.807, 2.05) is 0 Å². The van der Waals surface area contributed by atoms with Crippen molar-refractivity contribution >= 4 is 0 Å². The van der Waals surface area contributed by atoms with Gasteiger partial charge >= 0.3 is 0 Å². The van der Waals surface area contributed by atoms with Crippen molar-refractivity contribution in [2.75, 3.05) is 14.2 Å². The first-order chi connectivity index (χ1) is 24.8. The molecule has 0 spiro atoms. The summed E-state index contributed by atoms with van der Waals surface area (Å²) in [6, 6.07) is 10.1. The number of rotatable bonds is 9. The average molecular weight is 735 g/mol. The van der Waals surface area contributed by atoms with Crippen LogP contribution in [0.25, 0.3) is 0 Å². The molecule has 278 valence electrons. The van der Waals surface area contributed by atoms with Crippen LogP contribution in [-0.4, -0.2) is 24.4 Å². The Morgan fingerprint density at radius 3 is 0.962 bits per heavy atom. The summed E-state index contributed by atoms with van der Waals surface area (Å²) in [5, 5.41) is 25.8. The molecule has 12 heteroatoms. The second kappa shape index (κ2) is 14.7. The molecule has 0 saturated heterocycles. The predicted molar refractivity (Wildman–Crippen MR) is 176 cm³/mol. The Bertz CT molecular complexity index is 1740. The van der Waals surface area contributed by atoms with Gasteiger partial charge in [0, 0.05) is 0 Å². The molecule has 0 amide bonds. The van der Waals surface area contributed by atoms with Gasteiger partial charge < -0.3 is 19.7 Å². The normalized spacial score (nSPS) is 18.2. The van der Waals surface area contributed by atoms with Gasteiger partial charge in [0.25, 0.3) is 0 Å². The predicted octanol–water partition coefficient (Wildman–Crippen LogP) is 10.1. The lowest BCUT2D eigenvalue weighted by Crippen LogP contribution is -2.53. The fraction of sp³-hybridized carbons (Fsp3) is 0.400. The molecule has 0 aromatic heterocycles. The van der Waals surface area contributed by atoms with Crippen molar-refractivity contribution in [1.29, 1.82) is 0 Å². The van der Waals surface area contributed by atoms with E-state index in [0.717, 1.165) is 88.5 Å². The maximum absolute atomic E-state index is 16.3. The van der Waals surface area contributed by atoms with Gasteiger partial charge in [-0.05, 0) is 59.8 Å². The molecule has 2 aliphatic carbocycles. The summed E-state index contributed by atoms with van der Waals surface area (Å²) >= 11 is 0. The summed E-state index contributed by atoms with van der Waals surface area (Å²) in [6.45, 7) is 0. The smallest absolute Gasteiger partial charge is 0.204 e. The van der Waals surface area contributed by atoms with Crippen molar-refractivity contribution in [2.45, 2.75) is 87.2 Å². The number of hydrogen-bond donors (Lipinski definition) is 2. The van der Waals surface area contributed by atoms with Crippen LogP contribution in [0.15, 0.2) is 48.5 Å². The van der Waals surface area contributed by atoms with Gasteiger partial charge in [0.2, 0.25) is 23.3 Å². The van der Waals surface area contributed by atoms with E-state index < -0.39 is 91.5 Å². The molecule has 2 atom stereocenters. The SMILES string of the molecule is COc1c(F)c(F)c(C(O)(c2ccc(C3CCCCC3)cc2)C(O)(c2ccc(C3CCCCC3)cc2)c2c(F)c(F)c(OC)c(F)c2F)c(F)c1F. The Morgan fingerprint density at radius 2 is 0.712 bits per heavy atom. The molecule has 2 fully saturated rings. The van der Waals surface area contributed by atoms with Crippen LogP contribution >= 0.6 is 0 Å². The standard InChI is InChI=1S/C40H38F8O4/c1-51-37-33(45)29(41)27(30(42)34(37)46)39(49,25-17-13-23(14-18-25)21-9-5-3-6-10-21)40(50,28-31(43)35(47)38(52-2)36(48)32(28)44)26-19-15-24(16-20-26)22-11-7-4-8-12-22/h13-22,49-50H,3-12H2,1-2H3. The van der Waals surface area contributed by atoms with Gasteiger partial charge in [-0.1, -0.05) is 87.1 Å². The minimum absolute atomic E-state index is 0.0334. The number of halogens is 8. The zero-order valence-electron chi connectivity index (χ0n) is 28.6. The third-order valence-electron chi connectivity index (χ3n) is 10.9. The van der Waals surface area contributed by atoms with E-state index in [4.69, 9.17) is 0 Å². The molecule has 4 aromatic rings. The van der Waals surface area contributed by atoms with E-state index in [0.29, 0.717) is 25.3 Å². The van der Waals surface area contributed by atoms with Crippen LogP contribution in [0.4, 0.5) is 35.1 Å². The lowest BCUT2D eigenvalue weighted by Gasteiger charge is -2.45. The maximum atomic E-state index is 16.3. The van der Waals surface area contributed by atoms with Crippen LogP contribution in [0.3, 0.4) is 0 Å². The molecule has 52 heavy (non-hydrogen) atoms. The topological polar surface area (TPSA) is 58.9 Å². The van der Waals surface area contributed by atoms with Crippen LogP contribution in [0, 0.1) is 46.5 Å². The quantitative estimate of drug-likeness (QED) is 0.133. The van der Waals surface area contributed by atoms with E-state index in [9.17, 15) is 10.2 Å². The van der Waals surface area contributed by atoms with Crippen LogP contribution in [0.5, 0.6) is 11.5 Å². The fourth-order valence-electron chi connectivity index (χ4n) is 8.15. The number of methoxy groups -OCH3 is 2. The Hall–Kier alpha value is -4.16. The molecule has 2 aliphatic rings. The van der Waals surface area contributed by atoms with E-state index in [2.05, 4.69) is 9.47 Å². The Morgan fingerprint density at radius 1 is 0.442 bits per heavy atom. The van der Waals surface area contributed by atoms with Gasteiger partial charge in [-0.15, -0.1) is 0 Å². The van der Waals surface area contributed by atoms with Crippen LogP contribution in [0.1, 0.15) is 109 Å². The van der Waals surface area contributed by atoms with Crippen molar-refractivity contribution in [3.63, 3.8) is 0 Å². The molecule has 2 saturated carbocycles. The highest BCUT2D eigenvalue weighted by Crippen LogP contribution is 2.55. The maximum Gasteiger partial charge on any atom is 0.204 e. The summed E-state index contributed by atoms with van der Waals surface area (Å²) in [4.78, 5) is 0. The van der Waals surface area contributed by atoms with Crippen molar-refractivity contribution in [3.8, 4) is 11.5 Å². The average Bonchev–Trinajstić information content (AvgIpc) is 3.17. The summed E-state index contributed by atoms with van der Waals surface area (Å²) in [6.07, 6.45) is 8.86. The fourth-order valence-corrected chi connectivity index (χ4v) is 8.15. The Kier molecular flexibility index (Phi) is 10.6. The summed E-state index contributed by atoms with van der Waals surface area (Å²) in [7, 11) is 1.43. The molecule has 4 nitrogen and oxygen atoms in total. The van der Waals surface area contributed by atoms with Gasteiger partial charge in [-0.2, -0.15) is 17.6 Å². The van der Waals surface area contributed by atoms with Crippen LogP contribution < -0.4 is 9.47 Å². The van der Waals surface area contributed by atoms with Gasteiger partial charge in [0.15, 0.2) is 46.0 Å². The van der Waals surface area contributed by atoms with Gasteiger partial charge in [0.1, 0.15) is 0 Å². The zero-order chi connectivity index (χ0) is 37.5. The largest absolute Gasteiger partial charge is 0.491 e. The molecule has 0 bridgehead atoms. The molecular formula is C40H38F8O4. The van der Waals surface area contributed by atoms with E-state index in [1.54, 1.807) is 0 Å². The van der Waals surface area contributed by atoms with Crippen LogP contribution in [-0.2, 0) is 11.2 Å². The molecule has 0 radical (unpaired) electrons. The number of aliphatic hydroxyl groups is 2.